The molecular formula is C14H18N2O2S2. The molecule has 0 bridgehead atoms. The van der Waals surface area contributed by atoms with Gasteiger partial charge < -0.3 is 10.1 Å². The summed E-state index contributed by atoms with van der Waals surface area (Å²) in [6.07, 6.45) is 2.01. The van der Waals surface area contributed by atoms with Crippen LogP contribution in [0.2, 0.25) is 0 Å². The molecule has 2 rings (SSSR count). The van der Waals surface area contributed by atoms with Gasteiger partial charge in [0.2, 0.25) is 0 Å². The molecule has 6 heteroatoms. The highest BCUT2D eigenvalue weighted by Crippen LogP contribution is 2.27. The highest BCUT2D eigenvalue weighted by Gasteiger charge is 2.12. The molecule has 4 nitrogen and oxygen atoms in total. The molecule has 0 aliphatic rings. The first-order valence-electron chi connectivity index (χ1n) is 6.54. The summed E-state index contributed by atoms with van der Waals surface area (Å²) in [6.45, 7) is 2.16. The fraction of sp³-hybridized carbons (Fsp3) is 0.429. The van der Waals surface area contributed by atoms with E-state index in [1.165, 1.54) is 12.0 Å². The van der Waals surface area contributed by atoms with E-state index in [1.54, 1.807) is 22.7 Å². The van der Waals surface area contributed by atoms with Crippen molar-refractivity contribution in [2.24, 2.45) is 0 Å². The predicted molar refractivity (Wildman–Crippen MR) is 83.4 cm³/mol. The molecule has 108 valence electrons. The number of methoxy groups -OCH3 is 1. The highest BCUT2D eigenvalue weighted by molar-refractivity contribution is 7.13. The Balaban J connectivity index is 1.93. The van der Waals surface area contributed by atoms with E-state index in [-0.39, 0.29) is 5.97 Å². The molecule has 0 aliphatic heterocycles. The number of aromatic nitrogens is 1. The lowest BCUT2D eigenvalue weighted by Gasteiger charge is -2.14. The lowest BCUT2D eigenvalue weighted by molar-refractivity contribution is -0.140. The van der Waals surface area contributed by atoms with Crippen molar-refractivity contribution in [1.82, 2.24) is 4.98 Å². The van der Waals surface area contributed by atoms with Crippen LogP contribution in [0.4, 0.5) is 5.13 Å². The summed E-state index contributed by atoms with van der Waals surface area (Å²) in [5.41, 5.74) is 0.934. The van der Waals surface area contributed by atoms with E-state index >= 15 is 0 Å². The molecule has 2 heterocycles. The Bertz CT molecular complexity index is 537. The van der Waals surface area contributed by atoms with Crippen LogP contribution in [-0.2, 0) is 16.0 Å². The number of hydrogen-bond acceptors (Lipinski definition) is 6. The van der Waals surface area contributed by atoms with Gasteiger partial charge >= 0.3 is 5.97 Å². The number of esters is 1. The van der Waals surface area contributed by atoms with Gasteiger partial charge in [0.15, 0.2) is 5.13 Å². The van der Waals surface area contributed by atoms with E-state index in [1.807, 2.05) is 5.38 Å². The molecule has 1 N–H and O–H groups in total. The molecule has 0 spiro atoms. The summed E-state index contributed by atoms with van der Waals surface area (Å²) < 4.78 is 4.63. The second-order valence-electron chi connectivity index (χ2n) is 4.34. The van der Waals surface area contributed by atoms with Crippen LogP contribution in [0, 0.1) is 0 Å². The van der Waals surface area contributed by atoms with Gasteiger partial charge in [-0.15, -0.1) is 22.7 Å². The Labute approximate surface area is 126 Å². The van der Waals surface area contributed by atoms with Crippen molar-refractivity contribution in [3.05, 3.63) is 33.5 Å². The van der Waals surface area contributed by atoms with E-state index in [4.69, 9.17) is 0 Å². The lowest BCUT2D eigenvalue weighted by Crippen LogP contribution is -2.08. The van der Waals surface area contributed by atoms with Crippen molar-refractivity contribution in [2.75, 3.05) is 12.4 Å². The number of nitrogens with one attached hydrogen (secondary N) is 1. The number of ether oxygens (including phenoxy) is 1. The third-order valence-corrected chi connectivity index (χ3v) is 4.77. The standard InChI is InChI=1S/C14H18N2O2S2/c1-3-11(12-5-4-8-19-12)16-14-15-10(9-20-14)6-7-13(17)18-2/h4-5,8-9,11H,3,6-7H2,1-2H3,(H,15,16). The number of carbonyl (C=O) groups excluding carboxylic acids is 1. The quantitative estimate of drug-likeness (QED) is 0.789. The van der Waals surface area contributed by atoms with E-state index in [0.717, 1.165) is 17.2 Å². The van der Waals surface area contributed by atoms with Crippen LogP contribution in [0.3, 0.4) is 0 Å². The molecular weight excluding hydrogens is 292 g/mol. The molecule has 0 amide bonds. The normalized spacial score (nSPS) is 12.1. The van der Waals surface area contributed by atoms with Crippen LogP contribution < -0.4 is 5.32 Å². The number of aryl methyl sites for hydroxylation is 1. The number of thiophene rings is 1. The van der Waals surface area contributed by atoms with Crippen LogP contribution in [0.1, 0.15) is 36.4 Å². The largest absolute Gasteiger partial charge is 0.469 e. The van der Waals surface area contributed by atoms with E-state index < -0.39 is 0 Å². The molecule has 2 aromatic rings. The van der Waals surface area contributed by atoms with Crippen molar-refractivity contribution < 1.29 is 9.53 Å². The number of rotatable bonds is 7. The second-order valence-corrected chi connectivity index (χ2v) is 6.18. The third-order valence-electron chi connectivity index (χ3n) is 2.96. The topological polar surface area (TPSA) is 51.2 Å². The van der Waals surface area contributed by atoms with Crippen molar-refractivity contribution in [1.29, 1.82) is 0 Å². The molecule has 0 saturated carbocycles. The summed E-state index contributed by atoms with van der Waals surface area (Å²) in [5, 5.41) is 8.44. The molecule has 0 aliphatic carbocycles. The lowest BCUT2D eigenvalue weighted by atomic mass is 10.2. The number of anilines is 1. The molecule has 0 radical (unpaired) electrons. The van der Waals surface area contributed by atoms with E-state index in [2.05, 4.69) is 39.5 Å². The van der Waals surface area contributed by atoms with Crippen LogP contribution in [0.25, 0.3) is 0 Å². The number of nitrogens with zero attached hydrogens (tertiary/aromatic N) is 1. The zero-order chi connectivity index (χ0) is 14.4. The molecule has 1 unspecified atom stereocenters. The summed E-state index contributed by atoms with van der Waals surface area (Å²) in [4.78, 5) is 16.9. The molecule has 2 aromatic heterocycles. The zero-order valence-corrected chi connectivity index (χ0v) is 13.2. The first-order valence-corrected chi connectivity index (χ1v) is 8.30. The average molecular weight is 310 g/mol. The van der Waals surface area contributed by atoms with Gasteiger partial charge in [-0.1, -0.05) is 13.0 Å². The van der Waals surface area contributed by atoms with Gasteiger partial charge in [0, 0.05) is 16.7 Å². The summed E-state index contributed by atoms with van der Waals surface area (Å²) in [7, 11) is 1.41. The third kappa shape index (κ3) is 4.05. The maximum absolute atomic E-state index is 11.1. The number of thiazole rings is 1. The number of carbonyl (C=O) groups is 1. The van der Waals surface area contributed by atoms with Crippen LogP contribution >= 0.6 is 22.7 Å². The molecule has 0 aromatic carbocycles. The number of hydrogen-bond donors (Lipinski definition) is 1. The Morgan fingerprint density at radius 1 is 1.50 bits per heavy atom. The smallest absolute Gasteiger partial charge is 0.305 e. The Kier molecular flexibility index (Phi) is 5.55. The average Bonchev–Trinajstić information content (AvgIpc) is 3.13. The fourth-order valence-electron chi connectivity index (χ4n) is 1.83. The molecule has 0 saturated heterocycles. The van der Waals surface area contributed by atoms with Gasteiger partial charge in [-0.3, -0.25) is 4.79 Å². The van der Waals surface area contributed by atoms with Gasteiger partial charge in [0.05, 0.1) is 25.3 Å². The van der Waals surface area contributed by atoms with Crippen LogP contribution in [0.5, 0.6) is 0 Å². The minimum atomic E-state index is -0.197. The predicted octanol–water partition coefficient (Wildman–Crippen LogP) is 3.87. The molecule has 1 atom stereocenters. The van der Waals surface area contributed by atoms with Gasteiger partial charge in [0.25, 0.3) is 0 Å². The SMILES string of the molecule is CCC(Nc1nc(CCC(=O)OC)cs1)c1cccs1. The zero-order valence-electron chi connectivity index (χ0n) is 11.6. The fourth-order valence-corrected chi connectivity index (χ4v) is 3.49. The van der Waals surface area contributed by atoms with Crippen molar-refractivity contribution >= 4 is 33.8 Å². The van der Waals surface area contributed by atoms with Crippen molar-refractivity contribution in [3.8, 4) is 0 Å². The minimum absolute atomic E-state index is 0.197. The summed E-state index contributed by atoms with van der Waals surface area (Å²) >= 11 is 3.33. The molecule has 20 heavy (non-hydrogen) atoms. The maximum Gasteiger partial charge on any atom is 0.305 e. The van der Waals surface area contributed by atoms with Crippen LogP contribution in [-0.4, -0.2) is 18.1 Å². The van der Waals surface area contributed by atoms with Crippen molar-refractivity contribution in [2.45, 2.75) is 32.2 Å². The Hall–Kier alpha value is -1.40. The van der Waals surface area contributed by atoms with Crippen LogP contribution in [0.15, 0.2) is 22.9 Å². The van der Waals surface area contributed by atoms with Gasteiger partial charge in [-0.05, 0) is 17.9 Å². The van der Waals surface area contributed by atoms with Crippen molar-refractivity contribution in [3.63, 3.8) is 0 Å². The first kappa shape index (κ1) is 15.0. The summed E-state index contributed by atoms with van der Waals surface area (Å²) in [5.74, 6) is -0.197. The van der Waals surface area contributed by atoms with Gasteiger partial charge in [-0.2, -0.15) is 0 Å². The Morgan fingerprint density at radius 2 is 2.35 bits per heavy atom. The first-order chi connectivity index (χ1) is 9.72. The highest BCUT2D eigenvalue weighted by atomic mass is 32.1. The second kappa shape index (κ2) is 7.40. The Morgan fingerprint density at radius 3 is 3.00 bits per heavy atom. The van der Waals surface area contributed by atoms with E-state index in [0.29, 0.717) is 18.9 Å². The summed E-state index contributed by atoms with van der Waals surface area (Å²) in [6, 6.07) is 4.50. The maximum atomic E-state index is 11.1. The van der Waals surface area contributed by atoms with Gasteiger partial charge in [0.1, 0.15) is 0 Å². The van der Waals surface area contributed by atoms with E-state index in [9.17, 15) is 4.79 Å². The monoisotopic (exact) mass is 310 g/mol. The minimum Gasteiger partial charge on any atom is -0.469 e. The molecule has 0 fully saturated rings. The van der Waals surface area contributed by atoms with Gasteiger partial charge in [-0.25, -0.2) is 4.98 Å².